The summed E-state index contributed by atoms with van der Waals surface area (Å²) in [4.78, 5) is 5.15. The number of hydrogen-bond donors (Lipinski definition) is 0. The van der Waals surface area contributed by atoms with Crippen molar-refractivity contribution in [2.45, 2.75) is 6.92 Å². The number of methoxy groups -OCH3 is 2. The summed E-state index contributed by atoms with van der Waals surface area (Å²) in [5.74, 6) is 2.94. The Morgan fingerprint density at radius 2 is 1.90 bits per heavy atom. The van der Waals surface area contributed by atoms with Crippen LogP contribution < -0.4 is 23.7 Å². The first-order valence-electron chi connectivity index (χ1n) is 8.96. The van der Waals surface area contributed by atoms with Crippen LogP contribution in [-0.4, -0.2) is 38.4 Å². The van der Waals surface area contributed by atoms with Gasteiger partial charge in [-0.25, -0.2) is 4.68 Å². The molecule has 2 aromatic carbocycles. The van der Waals surface area contributed by atoms with Gasteiger partial charge < -0.3 is 18.9 Å². The van der Waals surface area contributed by atoms with E-state index >= 15 is 0 Å². The Hall–Kier alpha value is -3.26. The number of rotatable bonds is 5. The highest BCUT2D eigenvalue weighted by molar-refractivity contribution is 7.07. The van der Waals surface area contributed by atoms with Crippen molar-refractivity contribution in [1.29, 1.82) is 0 Å². The van der Waals surface area contributed by atoms with Gasteiger partial charge in [0.1, 0.15) is 11.5 Å². The Balaban J connectivity index is 1.83. The van der Waals surface area contributed by atoms with E-state index < -0.39 is 0 Å². The number of aromatic nitrogens is 1. The van der Waals surface area contributed by atoms with Crippen LogP contribution in [0.2, 0.25) is 0 Å². The van der Waals surface area contributed by atoms with Crippen molar-refractivity contribution in [1.82, 2.24) is 4.68 Å². The third-order valence-corrected chi connectivity index (χ3v) is 5.51. The van der Waals surface area contributed by atoms with Crippen LogP contribution in [0.25, 0.3) is 11.3 Å². The minimum Gasteiger partial charge on any atom is -0.497 e. The number of benzene rings is 2. The summed E-state index contributed by atoms with van der Waals surface area (Å²) in [6.07, 6.45) is 0. The first-order valence-corrected chi connectivity index (χ1v) is 9.84. The molecule has 0 saturated carbocycles. The molecule has 0 saturated heterocycles. The molecule has 29 heavy (non-hydrogen) atoms. The average Bonchev–Trinajstić information content (AvgIpc) is 3.39. The normalized spacial score (nSPS) is 13.7. The van der Waals surface area contributed by atoms with E-state index in [-0.39, 0.29) is 6.79 Å². The third-order valence-electron chi connectivity index (χ3n) is 4.60. The molecule has 0 fully saturated rings. The van der Waals surface area contributed by atoms with Crippen LogP contribution in [0.4, 0.5) is 0 Å². The minimum atomic E-state index is 0.243. The molecule has 1 aromatic heterocycles. The molecule has 0 N–H and O–H groups in total. The van der Waals surface area contributed by atoms with Crippen LogP contribution in [-0.2, 0) is 0 Å². The van der Waals surface area contributed by atoms with E-state index in [1.807, 2.05) is 53.4 Å². The first-order chi connectivity index (χ1) is 14.1. The Morgan fingerprint density at radius 1 is 1.07 bits per heavy atom. The molecule has 0 atom stereocenters. The predicted octanol–water partition coefficient (Wildman–Crippen LogP) is 3.77. The van der Waals surface area contributed by atoms with Crippen molar-refractivity contribution in [3.05, 3.63) is 52.1 Å². The molecule has 8 heteroatoms. The molecule has 0 radical (unpaired) electrons. The lowest BCUT2D eigenvalue weighted by Gasteiger charge is -2.11. The van der Waals surface area contributed by atoms with Gasteiger partial charge in [0.05, 0.1) is 25.6 Å². The maximum Gasteiger partial charge on any atom is 0.231 e. The van der Waals surface area contributed by atoms with Crippen molar-refractivity contribution in [2.75, 3.05) is 28.1 Å². The molecule has 1 aliphatic heterocycles. The van der Waals surface area contributed by atoms with Crippen LogP contribution in [0.15, 0.2) is 51.9 Å². The zero-order valence-corrected chi connectivity index (χ0v) is 17.4. The lowest BCUT2D eigenvalue weighted by molar-refractivity contribution is 0.174. The third kappa shape index (κ3) is 3.58. The van der Waals surface area contributed by atoms with E-state index in [2.05, 4.69) is 4.99 Å². The molecule has 0 unspecified atom stereocenters. The molecule has 0 spiro atoms. The van der Waals surface area contributed by atoms with E-state index in [1.165, 1.54) is 11.3 Å². The van der Waals surface area contributed by atoms with E-state index in [1.54, 1.807) is 21.3 Å². The van der Waals surface area contributed by atoms with Crippen molar-refractivity contribution in [3.63, 3.8) is 0 Å². The molecular formula is C21H21N3O4S. The summed E-state index contributed by atoms with van der Waals surface area (Å²) in [5, 5.41) is 6.86. The summed E-state index contributed by atoms with van der Waals surface area (Å²) < 4.78 is 23.7. The quantitative estimate of drug-likeness (QED) is 0.600. The molecule has 3 aromatic rings. The lowest BCUT2D eigenvalue weighted by atomic mass is 10.1. The highest BCUT2D eigenvalue weighted by atomic mass is 32.1. The number of thiazole rings is 1. The van der Waals surface area contributed by atoms with E-state index in [4.69, 9.17) is 24.0 Å². The van der Waals surface area contributed by atoms with Gasteiger partial charge in [-0.1, -0.05) is 0 Å². The largest absolute Gasteiger partial charge is 0.497 e. The monoisotopic (exact) mass is 411 g/mol. The van der Waals surface area contributed by atoms with Crippen LogP contribution in [0.5, 0.6) is 23.0 Å². The number of fused-ring (bicyclic) bond motifs is 1. The van der Waals surface area contributed by atoms with Gasteiger partial charge in [-0.05, 0) is 43.3 Å². The van der Waals surface area contributed by atoms with Gasteiger partial charge in [0.15, 0.2) is 11.5 Å². The van der Waals surface area contributed by atoms with Crippen molar-refractivity contribution in [2.24, 2.45) is 10.1 Å². The smallest absolute Gasteiger partial charge is 0.231 e. The van der Waals surface area contributed by atoms with Gasteiger partial charge in [-0.3, -0.25) is 4.99 Å². The maximum atomic E-state index is 5.56. The average molecular weight is 411 g/mol. The molecule has 150 valence electrons. The van der Waals surface area contributed by atoms with E-state index in [0.717, 1.165) is 50.3 Å². The van der Waals surface area contributed by atoms with Gasteiger partial charge in [0.25, 0.3) is 0 Å². The van der Waals surface area contributed by atoms with Crippen LogP contribution in [0.1, 0.15) is 12.5 Å². The second-order valence-electron chi connectivity index (χ2n) is 6.26. The highest BCUT2D eigenvalue weighted by Gasteiger charge is 2.16. The van der Waals surface area contributed by atoms with E-state index in [9.17, 15) is 0 Å². The summed E-state index contributed by atoms with van der Waals surface area (Å²) in [5.41, 5.74) is 3.50. The lowest BCUT2D eigenvalue weighted by Crippen LogP contribution is -2.14. The second kappa shape index (κ2) is 8.00. The van der Waals surface area contributed by atoms with Gasteiger partial charge in [0.2, 0.25) is 11.6 Å². The zero-order valence-electron chi connectivity index (χ0n) is 16.6. The molecule has 4 rings (SSSR count). The minimum absolute atomic E-state index is 0.243. The van der Waals surface area contributed by atoms with Gasteiger partial charge >= 0.3 is 0 Å². The Kier molecular flexibility index (Phi) is 5.26. The van der Waals surface area contributed by atoms with E-state index in [0.29, 0.717) is 0 Å². The first kappa shape index (κ1) is 19.1. The molecular weight excluding hydrogens is 390 g/mol. The molecule has 0 aliphatic carbocycles. The van der Waals surface area contributed by atoms with Crippen LogP contribution >= 0.6 is 11.3 Å². The van der Waals surface area contributed by atoms with Gasteiger partial charge in [-0.2, -0.15) is 5.10 Å². The number of nitrogens with zero attached hydrogens (tertiary/aromatic N) is 3. The zero-order chi connectivity index (χ0) is 20.4. The fourth-order valence-electron chi connectivity index (χ4n) is 3.08. The standard InChI is InChI=1S/C21H21N3O4S/c1-13(14-5-7-19-20(9-14)28-12-27-19)23-24-17(11-29-21(24)22-2)16-10-15(25-3)6-8-18(16)26-4/h5-11H,12H2,1-4H3/b22-21?,23-13-. The Labute approximate surface area is 172 Å². The fourth-order valence-corrected chi connectivity index (χ4v) is 3.86. The van der Waals surface area contributed by atoms with Gasteiger partial charge in [0, 0.05) is 23.6 Å². The summed E-state index contributed by atoms with van der Waals surface area (Å²) in [6, 6.07) is 11.5. The topological polar surface area (TPSA) is 66.6 Å². The maximum absolute atomic E-state index is 5.56. The predicted molar refractivity (Wildman–Crippen MR) is 113 cm³/mol. The SMILES string of the molecule is CN=c1scc(-c2cc(OC)ccc2OC)n1/N=C(/C)c1ccc2c(c1)OCO2. The molecule has 0 amide bonds. The summed E-state index contributed by atoms with van der Waals surface area (Å²) in [6.45, 7) is 2.20. The highest BCUT2D eigenvalue weighted by Crippen LogP contribution is 2.35. The van der Waals surface area contributed by atoms with Crippen molar-refractivity contribution < 1.29 is 18.9 Å². The number of hydrogen-bond acceptors (Lipinski definition) is 7. The van der Waals surface area contributed by atoms with Crippen molar-refractivity contribution >= 4 is 17.0 Å². The summed E-state index contributed by atoms with van der Waals surface area (Å²) >= 11 is 1.51. The second-order valence-corrected chi connectivity index (χ2v) is 7.10. The van der Waals surface area contributed by atoms with Crippen LogP contribution in [0.3, 0.4) is 0 Å². The van der Waals surface area contributed by atoms with Gasteiger partial charge in [-0.15, -0.1) is 11.3 Å². The Morgan fingerprint density at radius 3 is 2.66 bits per heavy atom. The fraction of sp³-hybridized carbons (Fsp3) is 0.238. The summed E-state index contributed by atoms with van der Waals surface area (Å²) in [7, 11) is 5.04. The van der Waals surface area contributed by atoms with Crippen molar-refractivity contribution in [3.8, 4) is 34.3 Å². The van der Waals surface area contributed by atoms with Crippen LogP contribution in [0, 0.1) is 0 Å². The molecule has 2 heterocycles. The molecule has 1 aliphatic rings. The Bertz CT molecular complexity index is 1150. The number of ether oxygens (including phenoxy) is 4. The molecule has 7 nitrogen and oxygen atoms in total. The molecule has 0 bridgehead atoms.